The van der Waals surface area contributed by atoms with Gasteiger partial charge >= 0.3 is 6.01 Å². The minimum absolute atomic E-state index is 0.0562. The van der Waals surface area contributed by atoms with Crippen molar-refractivity contribution in [2.24, 2.45) is 5.92 Å². The fourth-order valence-electron chi connectivity index (χ4n) is 4.90. The Morgan fingerprint density at radius 2 is 1.58 bits per heavy atom. The molecule has 0 aliphatic rings. The molecule has 6 heteroatoms. The molecule has 0 fully saturated rings. The Hall–Kier alpha value is -2.76. The minimum atomic E-state index is -0.210. The van der Waals surface area contributed by atoms with Gasteiger partial charge < -0.3 is 14.5 Å². The third kappa shape index (κ3) is 8.14. The second kappa shape index (κ2) is 14.7. The lowest BCUT2D eigenvalue weighted by atomic mass is 9.98. The lowest BCUT2D eigenvalue weighted by Gasteiger charge is -2.10. The predicted molar refractivity (Wildman–Crippen MR) is 147 cm³/mol. The number of H-pyrrole nitrogens is 1. The number of rotatable bonds is 17. The van der Waals surface area contributed by atoms with Gasteiger partial charge in [0.1, 0.15) is 0 Å². The molecule has 2 atom stereocenters. The number of fused-ring (bicyclic) bond motifs is 1. The third-order valence-electron chi connectivity index (χ3n) is 7.28. The van der Waals surface area contributed by atoms with Crippen LogP contribution in [0.1, 0.15) is 121 Å². The highest BCUT2D eigenvalue weighted by Crippen LogP contribution is 2.36. The van der Waals surface area contributed by atoms with Crippen LogP contribution in [0.4, 0.5) is 6.01 Å². The second-order valence-corrected chi connectivity index (χ2v) is 10.3. The highest BCUT2D eigenvalue weighted by molar-refractivity contribution is 5.90. The van der Waals surface area contributed by atoms with Crippen LogP contribution in [0.3, 0.4) is 0 Å². The lowest BCUT2D eigenvalue weighted by molar-refractivity contribution is -0.119. The average Bonchev–Trinajstić information content (AvgIpc) is 3.47. The summed E-state index contributed by atoms with van der Waals surface area (Å²) in [6.45, 7) is 6.16. The van der Waals surface area contributed by atoms with Crippen molar-refractivity contribution < 1.29 is 14.3 Å². The van der Waals surface area contributed by atoms with Crippen LogP contribution in [0.5, 0.6) is 5.88 Å². The van der Waals surface area contributed by atoms with E-state index in [1.165, 1.54) is 70.6 Å². The number of aromatic amines is 1. The highest BCUT2D eigenvalue weighted by Gasteiger charge is 2.24. The van der Waals surface area contributed by atoms with Gasteiger partial charge in [-0.15, -0.1) is 0 Å². The summed E-state index contributed by atoms with van der Waals surface area (Å²) in [4.78, 5) is 19.9. The summed E-state index contributed by atoms with van der Waals surface area (Å²) >= 11 is 0. The minimum Gasteiger partial charge on any atom is -0.491 e. The Morgan fingerprint density at radius 1 is 0.972 bits per heavy atom. The maximum absolute atomic E-state index is 12.6. The number of unbranched alkanes of at least 4 members (excludes halogenated alkanes) is 11. The summed E-state index contributed by atoms with van der Waals surface area (Å²) in [6.07, 6.45) is 18.4. The molecular weight excluding hydrogens is 450 g/mol. The molecule has 1 amide bonds. The number of aromatic hydroxyl groups is 1. The topological polar surface area (TPSA) is 91.1 Å². The van der Waals surface area contributed by atoms with Crippen molar-refractivity contribution in [1.29, 1.82) is 0 Å². The molecule has 0 spiro atoms. The SMILES string of the molecule is CCCCCCCCCCCCCCC(C)C(=O)Nc1nc(O)c([C@H](C)c2c[nH]c3ccccc23)o1. The average molecular weight is 496 g/mol. The van der Waals surface area contributed by atoms with E-state index in [9.17, 15) is 9.90 Å². The first-order valence-corrected chi connectivity index (χ1v) is 14.1. The predicted octanol–water partition coefficient (Wildman–Crippen LogP) is 8.68. The summed E-state index contributed by atoms with van der Waals surface area (Å²) in [5, 5.41) is 14.2. The lowest BCUT2D eigenvalue weighted by Crippen LogP contribution is -2.20. The number of para-hydroxylation sites is 1. The maximum atomic E-state index is 12.6. The standard InChI is InChI=1S/C30H45N3O3/c1-4-5-6-7-8-9-10-11-12-13-14-15-18-22(2)28(34)32-30-33-29(35)27(36-30)23(3)25-21-31-26-20-17-16-19-24(25)26/h16-17,19-23,31,35H,4-15,18H2,1-3H3,(H,32,33,34)/t22?,23-/m1/s1. The van der Waals surface area contributed by atoms with Gasteiger partial charge in [-0.05, 0) is 18.1 Å². The van der Waals surface area contributed by atoms with E-state index >= 15 is 0 Å². The summed E-state index contributed by atoms with van der Waals surface area (Å²) in [5.74, 6) is -0.291. The van der Waals surface area contributed by atoms with Crippen LogP contribution >= 0.6 is 0 Å². The van der Waals surface area contributed by atoms with Gasteiger partial charge in [-0.25, -0.2) is 0 Å². The number of nitrogens with one attached hydrogen (secondary N) is 2. The first-order chi connectivity index (χ1) is 17.5. The number of benzene rings is 1. The molecule has 0 aliphatic heterocycles. The third-order valence-corrected chi connectivity index (χ3v) is 7.28. The number of amides is 1. The normalized spacial score (nSPS) is 13.2. The molecule has 6 nitrogen and oxygen atoms in total. The second-order valence-electron chi connectivity index (χ2n) is 10.3. The fourth-order valence-corrected chi connectivity index (χ4v) is 4.90. The summed E-state index contributed by atoms with van der Waals surface area (Å²) in [7, 11) is 0. The quantitative estimate of drug-likeness (QED) is 0.163. The van der Waals surface area contributed by atoms with Crippen molar-refractivity contribution >= 4 is 22.8 Å². The van der Waals surface area contributed by atoms with Crippen LogP contribution in [-0.4, -0.2) is 21.0 Å². The van der Waals surface area contributed by atoms with Crippen LogP contribution in [-0.2, 0) is 4.79 Å². The summed E-state index contributed by atoms with van der Waals surface area (Å²) in [6, 6.07) is 8.06. The van der Waals surface area contributed by atoms with Crippen LogP contribution in [0, 0.1) is 5.92 Å². The fraction of sp³-hybridized carbons (Fsp3) is 0.600. The summed E-state index contributed by atoms with van der Waals surface area (Å²) in [5.41, 5.74) is 2.04. The van der Waals surface area contributed by atoms with Crippen molar-refractivity contribution in [3.05, 3.63) is 41.8 Å². The van der Waals surface area contributed by atoms with E-state index in [4.69, 9.17) is 4.42 Å². The molecule has 36 heavy (non-hydrogen) atoms. The van der Waals surface area contributed by atoms with Gasteiger partial charge in [-0.2, -0.15) is 4.98 Å². The smallest absolute Gasteiger partial charge is 0.305 e. The molecule has 3 aromatic rings. The number of oxazole rings is 1. The van der Waals surface area contributed by atoms with Crippen LogP contribution in [0.15, 0.2) is 34.9 Å². The molecule has 0 bridgehead atoms. The molecule has 3 N–H and O–H groups in total. The van der Waals surface area contributed by atoms with E-state index in [1.807, 2.05) is 44.3 Å². The van der Waals surface area contributed by atoms with E-state index in [0.717, 1.165) is 29.3 Å². The molecule has 1 unspecified atom stereocenters. The van der Waals surface area contributed by atoms with Crippen molar-refractivity contribution in [3.63, 3.8) is 0 Å². The molecule has 0 saturated carbocycles. The number of hydrogen-bond donors (Lipinski definition) is 3. The number of aromatic nitrogens is 2. The molecule has 1 aromatic carbocycles. The molecule has 3 rings (SSSR count). The van der Waals surface area contributed by atoms with Crippen molar-refractivity contribution in [2.75, 3.05) is 5.32 Å². The van der Waals surface area contributed by atoms with Crippen LogP contribution < -0.4 is 5.32 Å². The van der Waals surface area contributed by atoms with E-state index in [1.54, 1.807) is 0 Å². The Morgan fingerprint density at radius 3 is 2.25 bits per heavy atom. The maximum Gasteiger partial charge on any atom is 0.305 e. The number of carbonyl (C=O) groups is 1. The van der Waals surface area contributed by atoms with Crippen LogP contribution in [0.25, 0.3) is 10.9 Å². The molecule has 2 aromatic heterocycles. The Bertz CT molecular complexity index is 1050. The Labute approximate surface area is 216 Å². The zero-order valence-corrected chi connectivity index (χ0v) is 22.4. The first-order valence-electron chi connectivity index (χ1n) is 14.1. The molecular formula is C30H45N3O3. The Kier molecular flexibility index (Phi) is 11.4. The van der Waals surface area contributed by atoms with Gasteiger partial charge in [0.15, 0.2) is 5.76 Å². The number of anilines is 1. The number of nitrogens with zero attached hydrogens (tertiary/aromatic N) is 1. The first kappa shape index (κ1) is 27.8. The van der Waals surface area contributed by atoms with Gasteiger partial charge in [0.25, 0.3) is 5.88 Å². The van der Waals surface area contributed by atoms with Gasteiger partial charge in [-0.1, -0.05) is 116 Å². The van der Waals surface area contributed by atoms with E-state index in [-0.39, 0.29) is 29.6 Å². The van der Waals surface area contributed by atoms with Crippen molar-refractivity contribution in [3.8, 4) is 5.88 Å². The molecule has 2 heterocycles. The molecule has 0 radical (unpaired) electrons. The largest absolute Gasteiger partial charge is 0.491 e. The molecule has 0 saturated heterocycles. The van der Waals surface area contributed by atoms with Crippen LogP contribution in [0.2, 0.25) is 0 Å². The number of carbonyl (C=O) groups excluding carboxylic acids is 1. The zero-order chi connectivity index (χ0) is 25.8. The van der Waals surface area contributed by atoms with E-state index < -0.39 is 0 Å². The van der Waals surface area contributed by atoms with E-state index in [0.29, 0.717) is 5.76 Å². The van der Waals surface area contributed by atoms with Gasteiger partial charge in [0.2, 0.25) is 5.91 Å². The highest BCUT2D eigenvalue weighted by atomic mass is 16.4. The van der Waals surface area contributed by atoms with Gasteiger partial charge in [0, 0.05) is 28.9 Å². The zero-order valence-electron chi connectivity index (χ0n) is 22.4. The van der Waals surface area contributed by atoms with Crippen molar-refractivity contribution in [1.82, 2.24) is 9.97 Å². The van der Waals surface area contributed by atoms with Gasteiger partial charge in [-0.3, -0.25) is 10.1 Å². The van der Waals surface area contributed by atoms with Gasteiger partial charge in [0.05, 0.1) is 0 Å². The Balaban J connectivity index is 1.35. The van der Waals surface area contributed by atoms with E-state index in [2.05, 4.69) is 22.2 Å². The number of hydrogen-bond acceptors (Lipinski definition) is 4. The molecule has 0 aliphatic carbocycles. The molecule has 198 valence electrons. The van der Waals surface area contributed by atoms with Crippen molar-refractivity contribution in [2.45, 2.75) is 110 Å². The monoisotopic (exact) mass is 495 g/mol. The summed E-state index contributed by atoms with van der Waals surface area (Å²) < 4.78 is 5.78.